The van der Waals surface area contributed by atoms with Gasteiger partial charge in [0.2, 0.25) is 0 Å². The van der Waals surface area contributed by atoms with Crippen molar-refractivity contribution in [2.75, 3.05) is 0 Å². The number of hydrogen-bond acceptors (Lipinski definition) is 4. The van der Waals surface area contributed by atoms with E-state index >= 15 is 0 Å². The molecule has 3 heterocycles. The molecule has 0 aliphatic heterocycles. The zero-order chi connectivity index (χ0) is 16.4. The number of pyridine rings is 1. The van der Waals surface area contributed by atoms with Gasteiger partial charge in [0, 0.05) is 35.5 Å². The summed E-state index contributed by atoms with van der Waals surface area (Å²) in [6.07, 6.45) is 3.44. The van der Waals surface area contributed by atoms with E-state index < -0.39 is 0 Å². The number of carbonyl (C=O) groups is 1. The van der Waals surface area contributed by atoms with Gasteiger partial charge >= 0.3 is 0 Å². The van der Waals surface area contributed by atoms with Crippen molar-refractivity contribution in [3.05, 3.63) is 58.1 Å². The van der Waals surface area contributed by atoms with Gasteiger partial charge in [0.25, 0.3) is 5.56 Å². The number of benzene rings is 1. The van der Waals surface area contributed by atoms with E-state index in [0.717, 1.165) is 5.56 Å². The molecular weight excluding hydrogens is 306 g/mol. The normalized spacial score (nSPS) is 12.6. The number of nitrogens with zero attached hydrogens (tertiary/aromatic N) is 3. The van der Waals surface area contributed by atoms with Gasteiger partial charge in [-0.25, -0.2) is 4.98 Å². The van der Waals surface area contributed by atoms with Crippen LogP contribution >= 0.6 is 0 Å². The lowest BCUT2D eigenvalue weighted by atomic mass is 9.98. The molecule has 0 unspecified atom stereocenters. The van der Waals surface area contributed by atoms with Gasteiger partial charge in [0.1, 0.15) is 0 Å². The van der Waals surface area contributed by atoms with E-state index in [4.69, 9.17) is 0 Å². The van der Waals surface area contributed by atoms with Crippen LogP contribution in [0.25, 0.3) is 33.4 Å². The maximum Gasteiger partial charge on any atom is 0.274 e. The summed E-state index contributed by atoms with van der Waals surface area (Å²) in [5.41, 5.74) is 3.86. The van der Waals surface area contributed by atoms with Crippen molar-refractivity contribution in [2.24, 2.45) is 7.05 Å². The summed E-state index contributed by atoms with van der Waals surface area (Å²) in [4.78, 5) is 29.8. The predicted molar refractivity (Wildman–Crippen MR) is 87.8 cm³/mol. The Morgan fingerprint density at radius 1 is 1.04 bits per heavy atom. The molecule has 0 bridgehead atoms. The van der Waals surface area contributed by atoms with Crippen molar-refractivity contribution < 1.29 is 4.79 Å². The van der Waals surface area contributed by atoms with Gasteiger partial charge in [-0.3, -0.25) is 24.5 Å². The van der Waals surface area contributed by atoms with Crippen LogP contribution < -0.4 is 5.56 Å². The van der Waals surface area contributed by atoms with Crippen LogP contribution in [0.5, 0.6) is 0 Å². The van der Waals surface area contributed by atoms with E-state index in [0.29, 0.717) is 39.0 Å². The molecule has 116 valence electrons. The van der Waals surface area contributed by atoms with E-state index in [2.05, 4.69) is 20.3 Å². The molecule has 0 spiro atoms. The van der Waals surface area contributed by atoms with Gasteiger partial charge < -0.3 is 0 Å². The molecule has 2 N–H and O–H groups in total. The van der Waals surface area contributed by atoms with Crippen molar-refractivity contribution >= 4 is 16.8 Å². The number of nitrogens with one attached hydrogen (secondary N) is 2. The van der Waals surface area contributed by atoms with Gasteiger partial charge in [-0.15, -0.1) is 0 Å². The second-order valence-corrected chi connectivity index (χ2v) is 5.79. The number of aryl methyl sites for hydroxylation is 1. The third-order valence-corrected chi connectivity index (χ3v) is 4.37. The van der Waals surface area contributed by atoms with E-state index in [1.807, 2.05) is 18.2 Å². The molecule has 1 aliphatic rings. The number of hydrogen-bond donors (Lipinski definition) is 2. The number of rotatable bonds is 1. The van der Waals surface area contributed by atoms with E-state index in [-0.39, 0.29) is 11.3 Å². The molecule has 24 heavy (non-hydrogen) atoms. The Kier molecular flexibility index (Phi) is 2.32. The molecule has 7 heteroatoms. The standard InChI is InChI=1S/C17H11N5O2/c1-22-7-8(6-18-22)11-12-14(19-16-13(11)17(24)21-20-16)9-4-2-3-5-10(9)15(12)23/h2-7H,1H3,(H2,19,20,21,24). The minimum absolute atomic E-state index is 0.116. The summed E-state index contributed by atoms with van der Waals surface area (Å²) in [7, 11) is 1.79. The largest absolute Gasteiger partial charge is 0.288 e. The monoisotopic (exact) mass is 317 g/mol. The highest BCUT2D eigenvalue weighted by molar-refractivity contribution is 6.26. The Morgan fingerprint density at radius 3 is 2.58 bits per heavy atom. The molecule has 0 saturated heterocycles. The molecular formula is C17H11N5O2. The van der Waals surface area contributed by atoms with Crippen LogP contribution in [-0.2, 0) is 7.05 Å². The fourth-order valence-electron chi connectivity index (χ4n) is 3.35. The number of aromatic amines is 2. The molecule has 0 amide bonds. The quantitative estimate of drug-likeness (QED) is 0.493. The van der Waals surface area contributed by atoms with Crippen LogP contribution in [0.15, 0.2) is 41.5 Å². The van der Waals surface area contributed by atoms with Crippen molar-refractivity contribution in [2.45, 2.75) is 0 Å². The van der Waals surface area contributed by atoms with E-state index in [1.54, 1.807) is 30.2 Å². The Morgan fingerprint density at radius 2 is 1.83 bits per heavy atom. The lowest BCUT2D eigenvalue weighted by molar-refractivity contribution is 0.104. The summed E-state index contributed by atoms with van der Waals surface area (Å²) in [5.74, 6) is -0.116. The minimum Gasteiger partial charge on any atom is -0.288 e. The van der Waals surface area contributed by atoms with Crippen molar-refractivity contribution in [3.8, 4) is 22.4 Å². The third-order valence-electron chi connectivity index (χ3n) is 4.37. The second-order valence-electron chi connectivity index (χ2n) is 5.79. The van der Waals surface area contributed by atoms with Crippen LogP contribution in [0.2, 0.25) is 0 Å². The topological polar surface area (TPSA) is 96.4 Å². The third kappa shape index (κ3) is 1.50. The zero-order valence-electron chi connectivity index (χ0n) is 12.6. The van der Waals surface area contributed by atoms with E-state index in [1.165, 1.54) is 0 Å². The zero-order valence-corrected chi connectivity index (χ0v) is 12.6. The Balaban J connectivity index is 2.00. The number of H-pyrrole nitrogens is 2. The molecule has 1 aliphatic carbocycles. The maximum absolute atomic E-state index is 13.0. The van der Waals surface area contributed by atoms with Gasteiger partial charge in [-0.05, 0) is 0 Å². The molecule has 3 aromatic heterocycles. The number of ketones is 1. The summed E-state index contributed by atoms with van der Waals surface area (Å²) >= 11 is 0. The average molecular weight is 317 g/mol. The van der Waals surface area contributed by atoms with Crippen LogP contribution in [0.4, 0.5) is 0 Å². The average Bonchev–Trinajstić information content (AvgIpc) is 3.25. The first-order valence-corrected chi connectivity index (χ1v) is 7.42. The molecule has 0 atom stereocenters. The Bertz CT molecular complexity index is 1210. The van der Waals surface area contributed by atoms with Crippen LogP contribution in [0.3, 0.4) is 0 Å². The van der Waals surface area contributed by atoms with Gasteiger partial charge in [0.05, 0.1) is 22.8 Å². The number of aromatic nitrogens is 5. The van der Waals surface area contributed by atoms with E-state index in [9.17, 15) is 9.59 Å². The smallest absolute Gasteiger partial charge is 0.274 e. The lowest BCUT2D eigenvalue weighted by Crippen LogP contribution is -2.05. The number of fused-ring (bicyclic) bond motifs is 4. The summed E-state index contributed by atoms with van der Waals surface area (Å²) in [6.45, 7) is 0. The minimum atomic E-state index is -0.303. The van der Waals surface area contributed by atoms with Crippen LogP contribution in [-0.4, -0.2) is 30.7 Å². The van der Waals surface area contributed by atoms with Gasteiger partial charge in [-0.1, -0.05) is 24.3 Å². The molecule has 0 fully saturated rings. The van der Waals surface area contributed by atoms with Crippen LogP contribution in [0, 0.1) is 0 Å². The molecule has 7 nitrogen and oxygen atoms in total. The Hall–Kier alpha value is -3.48. The maximum atomic E-state index is 13.0. The summed E-state index contributed by atoms with van der Waals surface area (Å²) in [5, 5.41) is 9.90. The molecule has 4 aromatic rings. The Labute approximate surface area is 134 Å². The van der Waals surface area contributed by atoms with Gasteiger partial charge in [0.15, 0.2) is 11.4 Å². The van der Waals surface area contributed by atoms with Gasteiger partial charge in [-0.2, -0.15) is 5.10 Å². The molecule has 1 aromatic carbocycles. The SMILES string of the molecule is Cn1cc(-c2c3c(nc4[nH][nH]c(=O)c24)-c2ccccc2C3=O)cn1. The highest BCUT2D eigenvalue weighted by Gasteiger charge is 2.33. The second kappa shape index (κ2) is 4.29. The summed E-state index contributed by atoms with van der Waals surface area (Å²) in [6, 6.07) is 7.35. The highest BCUT2D eigenvalue weighted by Crippen LogP contribution is 2.42. The lowest BCUT2D eigenvalue weighted by Gasteiger charge is -2.06. The van der Waals surface area contributed by atoms with Crippen molar-refractivity contribution in [1.29, 1.82) is 0 Å². The first-order valence-electron chi connectivity index (χ1n) is 7.42. The fourth-order valence-corrected chi connectivity index (χ4v) is 3.35. The predicted octanol–water partition coefficient (Wildman–Crippen LogP) is 1.86. The first-order chi connectivity index (χ1) is 11.6. The molecule has 0 saturated carbocycles. The molecule has 5 rings (SSSR count). The highest BCUT2D eigenvalue weighted by atomic mass is 16.1. The number of carbonyl (C=O) groups excluding carboxylic acids is 1. The van der Waals surface area contributed by atoms with Crippen molar-refractivity contribution in [3.63, 3.8) is 0 Å². The van der Waals surface area contributed by atoms with Crippen LogP contribution in [0.1, 0.15) is 15.9 Å². The first kappa shape index (κ1) is 13.0. The summed E-state index contributed by atoms with van der Waals surface area (Å²) < 4.78 is 1.64. The fraction of sp³-hybridized carbons (Fsp3) is 0.0588. The molecule has 0 radical (unpaired) electrons. The van der Waals surface area contributed by atoms with Crippen molar-refractivity contribution in [1.82, 2.24) is 25.0 Å².